The van der Waals surface area contributed by atoms with Gasteiger partial charge in [0, 0.05) is 45.5 Å². The van der Waals surface area contributed by atoms with E-state index in [9.17, 15) is 4.79 Å². The molecule has 1 N–H and O–H groups in total. The van der Waals surface area contributed by atoms with Gasteiger partial charge in [0.05, 0.1) is 5.92 Å². The third-order valence-corrected chi connectivity index (χ3v) is 6.25. The molecule has 2 heterocycles. The van der Waals surface area contributed by atoms with Crippen LogP contribution in [0.5, 0.6) is 0 Å². The van der Waals surface area contributed by atoms with E-state index in [2.05, 4.69) is 5.32 Å². The number of Topliss-reactive ketones (excluding diaryl/α,β-unsaturated/α-hetero) is 1. The zero-order valence-corrected chi connectivity index (χ0v) is 13.7. The molecule has 0 aromatic carbocycles. The van der Waals surface area contributed by atoms with E-state index in [4.69, 9.17) is 11.6 Å². The van der Waals surface area contributed by atoms with Gasteiger partial charge in [-0.25, -0.2) is 4.39 Å². The summed E-state index contributed by atoms with van der Waals surface area (Å²) in [6, 6.07) is 0. The molecule has 0 radical (unpaired) electrons. The molecule has 2 aliphatic heterocycles. The minimum atomic E-state index is -1.60. The van der Waals surface area contributed by atoms with Crippen LogP contribution in [-0.2, 0) is 4.79 Å². The van der Waals surface area contributed by atoms with E-state index in [1.807, 2.05) is 0 Å². The van der Waals surface area contributed by atoms with Gasteiger partial charge in [0.15, 0.2) is 5.78 Å². The summed E-state index contributed by atoms with van der Waals surface area (Å²) in [5, 5.41) is 3.94. The molecule has 0 fully saturated rings. The van der Waals surface area contributed by atoms with Gasteiger partial charge in [0.2, 0.25) is 0 Å². The lowest BCUT2D eigenvalue weighted by Gasteiger charge is -2.40. The minimum Gasteiger partial charge on any atom is -0.361 e. The summed E-state index contributed by atoms with van der Waals surface area (Å²) in [6.45, 7) is 0. The molecule has 4 aliphatic rings. The standard InChI is InChI=1S/C17H17ClFNOS/c18-10-3-2-7-17(19,9-10)15-14-11(4-1-5-13(14)21)20-12-6-8-22-16(12)15/h2-3,7,15,20H,1,4-6,8-9H2. The number of ketones is 1. The zero-order valence-electron chi connectivity index (χ0n) is 12.1. The van der Waals surface area contributed by atoms with Crippen LogP contribution in [0.15, 0.2) is 45.1 Å². The summed E-state index contributed by atoms with van der Waals surface area (Å²) in [5.41, 5.74) is 1.12. The van der Waals surface area contributed by atoms with E-state index in [1.165, 1.54) is 0 Å². The number of rotatable bonds is 1. The van der Waals surface area contributed by atoms with E-state index in [0.29, 0.717) is 17.0 Å². The van der Waals surface area contributed by atoms with Crippen LogP contribution in [0.1, 0.15) is 32.1 Å². The average molecular weight is 338 g/mol. The third kappa shape index (κ3) is 2.19. The molecule has 0 bridgehead atoms. The Hall–Kier alpha value is -1.00. The SMILES string of the molecule is O=C1CCCC2=C1C(C1(F)C=CC=C(Cl)C1)C1=C(CCS1)N2. The molecule has 5 heteroatoms. The minimum absolute atomic E-state index is 0.0916. The van der Waals surface area contributed by atoms with Crippen LogP contribution in [0.4, 0.5) is 4.39 Å². The summed E-state index contributed by atoms with van der Waals surface area (Å²) >= 11 is 7.78. The molecule has 2 atom stereocenters. The van der Waals surface area contributed by atoms with Crippen LogP contribution in [0, 0.1) is 5.92 Å². The molecule has 0 aromatic heterocycles. The average Bonchev–Trinajstić information content (AvgIpc) is 2.92. The van der Waals surface area contributed by atoms with E-state index in [1.54, 1.807) is 30.0 Å². The number of hydrogen-bond acceptors (Lipinski definition) is 3. The quantitative estimate of drug-likeness (QED) is 0.771. The first-order valence-electron chi connectivity index (χ1n) is 7.70. The molecular formula is C17H17ClFNOS. The molecule has 2 aliphatic carbocycles. The molecule has 0 amide bonds. The van der Waals surface area contributed by atoms with Gasteiger partial charge in [-0.05, 0) is 31.4 Å². The number of thioether (sulfide) groups is 1. The molecule has 0 spiro atoms. The highest BCUT2D eigenvalue weighted by molar-refractivity contribution is 8.03. The molecular weight excluding hydrogens is 321 g/mol. The van der Waals surface area contributed by atoms with Crippen molar-refractivity contribution in [2.24, 2.45) is 5.92 Å². The first-order chi connectivity index (χ1) is 10.6. The van der Waals surface area contributed by atoms with Crippen molar-refractivity contribution in [1.29, 1.82) is 0 Å². The maximum absolute atomic E-state index is 15.8. The molecule has 2 nitrogen and oxygen atoms in total. The van der Waals surface area contributed by atoms with Gasteiger partial charge >= 0.3 is 0 Å². The van der Waals surface area contributed by atoms with Gasteiger partial charge in [0.25, 0.3) is 0 Å². The Morgan fingerprint density at radius 1 is 1.32 bits per heavy atom. The van der Waals surface area contributed by atoms with Crippen molar-refractivity contribution >= 4 is 29.1 Å². The number of hydrogen-bond donors (Lipinski definition) is 1. The van der Waals surface area contributed by atoms with E-state index >= 15 is 4.39 Å². The van der Waals surface area contributed by atoms with Crippen LogP contribution in [-0.4, -0.2) is 17.2 Å². The van der Waals surface area contributed by atoms with E-state index < -0.39 is 11.6 Å². The smallest absolute Gasteiger partial charge is 0.161 e. The number of carbonyl (C=O) groups excluding carboxylic acids is 1. The van der Waals surface area contributed by atoms with E-state index in [0.717, 1.165) is 41.3 Å². The first kappa shape index (κ1) is 14.6. The van der Waals surface area contributed by atoms with Crippen molar-refractivity contribution in [1.82, 2.24) is 5.32 Å². The largest absolute Gasteiger partial charge is 0.361 e. The molecule has 0 saturated heterocycles. The van der Waals surface area contributed by atoms with Gasteiger partial charge in [0.1, 0.15) is 5.67 Å². The van der Waals surface area contributed by atoms with Crippen LogP contribution >= 0.6 is 23.4 Å². The van der Waals surface area contributed by atoms with Gasteiger partial charge < -0.3 is 5.32 Å². The fourth-order valence-electron chi connectivity index (χ4n) is 3.84. The van der Waals surface area contributed by atoms with Crippen LogP contribution in [0.25, 0.3) is 0 Å². The molecule has 22 heavy (non-hydrogen) atoms. The predicted octanol–water partition coefficient (Wildman–Crippen LogP) is 4.35. The lowest BCUT2D eigenvalue weighted by molar-refractivity contribution is -0.117. The van der Waals surface area contributed by atoms with Crippen molar-refractivity contribution in [3.05, 3.63) is 45.1 Å². The second-order valence-electron chi connectivity index (χ2n) is 6.24. The Kier molecular flexibility index (Phi) is 3.50. The summed E-state index contributed by atoms with van der Waals surface area (Å²) in [4.78, 5) is 13.5. The van der Waals surface area contributed by atoms with Crippen LogP contribution < -0.4 is 5.32 Å². The zero-order chi connectivity index (χ0) is 15.3. The molecule has 0 aromatic rings. The van der Waals surface area contributed by atoms with Crippen molar-refractivity contribution in [2.45, 2.75) is 37.8 Å². The number of allylic oxidation sites excluding steroid dienone is 8. The predicted molar refractivity (Wildman–Crippen MR) is 88.1 cm³/mol. The monoisotopic (exact) mass is 337 g/mol. The third-order valence-electron chi connectivity index (χ3n) is 4.79. The maximum Gasteiger partial charge on any atom is 0.161 e. The number of alkyl halides is 1. The second-order valence-corrected chi connectivity index (χ2v) is 7.87. The van der Waals surface area contributed by atoms with Gasteiger partial charge in [-0.15, -0.1) is 11.8 Å². The molecule has 2 unspecified atom stereocenters. The van der Waals surface area contributed by atoms with Crippen LogP contribution in [0.2, 0.25) is 0 Å². The first-order valence-corrected chi connectivity index (χ1v) is 9.07. The summed E-state index contributed by atoms with van der Waals surface area (Å²) in [6.07, 6.45) is 8.28. The van der Waals surface area contributed by atoms with Crippen molar-refractivity contribution in [2.75, 3.05) is 5.75 Å². The molecule has 116 valence electrons. The Bertz CT molecular complexity index is 678. The van der Waals surface area contributed by atoms with Gasteiger partial charge in [-0.1, -0.05) is 17.7 Å². The normalized spacial score (nSPS) is 34.4. The lowest BCUT2D eigenvalue weighted by Crippen LogP contribution is -2.42. The van der Waals surface area contributed by atoms with Crippen molar-refractivity contribution in [3.63, 3.8) is 0 Å². The lowest BCUT2D eigenvalue weighted by atomic mass is 9.72. The fourth-order valence-corrected chi connectivity index (χ4v) is 5.45. The Morgan fingerprint density at radius 2 is 2.18 bits per heavy atom. The number of dihydropyridines is 1. The summed E-state index contributed by atoms with van der Waals surface area (Å²) < 4.78 is 15.8. The highest BCUT2D eigenvalue weighted by atomic mass is 35.5. The Morgan fingerprint density at radius 3 is 3.00 bits per heavy atom. The highest BCUT2D eigenvalue weighted by Crippen LogP contribution is 2.53. The van der Waals surface area contributed by atoms with Crippen molar-refractivity contribution in [3.8, 4) is 0 Å². The van der Waals surface area contributed by atoms with Crippen LogP contribution in [0.3, 0.4) is 0 Å². The Labute approximate surface area is 138 Å². The summed E-state index contributed by atoms with van der Waals surface area (Å²) in [7, 11) is 0. The molecule has 4 rings (SSSR count). The second kappa shape index (κ2) is 5.27. The molecule has 0 saturated carbocycles. The highest BCUT2D eigenvalue weighted by Gasteiger charge is 2.49. The van der Waals surface area contributed by atoms with Crippen molar-refractivity contribution < 1.29 is 9.18 Å². The van der Waals surface area contributed by atoms with Gasteiger partial charge in [-0.3, -0.25) is 4.79 Å². The topological polar surface area (TPSA) is 29.1 Å². The van der Waals surface area contributed by atoms with E-state index in [-0.39, 0.29) is 12.2 Å². The summed E-state index contributed by atoms with van der Waals surface area (Å²) in [5.74, 6) is 0.554. The fraction of sp³-hybridized carbons (Fsp3) is 0.471. The maximum atomic E-state index is 15.8. The number of nitrogens with one attached hydrogen (secondary N) is 1. The Balaban J connectivity index is 1.84. The number of carbonyl (C=O) groups is 1. The number of halogens is 2. The van der Waals surface area contributed by atoms with Gasteiger partial charge in [-0.2, -0.15) is 0 Å².